The first-order chi connectivity index (χ1) is 12.5. The molecule has 0 aliphatic heterocycles. The molecule has 3 aromatic rings. The lowest BCUT2D eigenvalue weighted by Crippen LogP contribution is -2.29. The van der Waals surface area contributed by atoms with E-state index in [9.17, 15) is 15.2 Å². The van der Waals surface area contributed by atoms with Crippen molar-refractivity contribution in [3.05, 3.63) is 76.8 Å². The van der Waals surface area contributed by atoms with E-state index in [1.807, 2.05) is 37.3 Å². The molecule has 0 saturated carbocycles. The molecule has 3 rings (SSSR count). The van der Waals surface area contributed by atoms with Crippen LogP contribution in [0.3, 0.4) is 0 Å². The molecule has 0 spiro atoms. The van der Waals surface area contributed by atoms with Crippen LogP contribution >= 0.6 is 0 Å². The highest BCUT2D eigenvalue weighted by Gasteiger charge is 2.24. The Balaban J connectivity index is 1.78. The van der Waals surface area contributed by atoms with Crippen molar-refractivity contribution in [2.45, 2.75) is 20.0 Å². The molecule has 6 heteroatoms. The van der Waals surface area contributed by atoms with Crippen molar-refractivity contribution in [3.8, 4) is 12.0 Å². The normalized spacial score (nSPS) is 11.8. The Kier molecular flexibility index (Phi) is 4.92. The summed E-state index contributed by atoms with van der Waals surface area (Å²) >= 11 is 0. The first kappa shape index (κ1) is 17.5. The minimum Gasteiger partial charge on any atom is -0.443 e. The van der Waals surface area contributed by atoms with Crippen molar-refractivity contribution in [2.75, 3.05) is 6.54 Å². The third kappa shape index (κ3) is 3.39. The Morgan fingerprint density at radius 1 is 1.27 bits per heavy atom. The van der Waals surface area contributed by atoms with Gasteiger partial charge >= 0.3 is 0 Å². The highest BCUT2D eigenvalue weighted by Crippen LogP contribution is 2.25. The van der Waals surface area contributed by atoms with Crippen molar-refractivity contribution in [1.29, 1.82) is 5.26 Å². The average molecular weight is 349 g/mol. The lowest BCUT2D eigenvalue weighted by Gasteiger charge is -2.12. The van der Waals surface area contributed by atoms with Gasteiger partial charge in [0.2, 0.25) is 5.88 Å². The summed E-state index contributed by atoms with van der Waals surface area (Å²) in [6.45, 7) is 3.64. The molecule has 0 bridgehead atoms. The monoisotopic (exact) mass is 349 g/mol. The predicted octanol–water partition coefficient (Wildman–Crippen LogP) is 3.02. The number of nitriles is 1. The Labute approximate surface area is 151 Å². The molecule has 0 saturated heterocycles. The van der Waals surface area contributed by atoms with Crippen LogP contribution in [-0.4, -0.2) is 22.1 Å². The number of carbonyl (C=O) groups excluding carboxylic acids is 1. The zero-order chi connectivity index (χ0) is 18.7. The molecule has 1 amide bonds. The fourth-order valence-corrected chi connectivity index (χ4v) is 2.74. The van der Waals surface area contributed by atoms with Gasteiger partial charge < -0.3 is 14.8 Å². The summed E-state index contributed by atoms with van der Waals surface area (Å²) in [6, 6.07) is 13.1. The molecule has 132 valence electrons. The number of benzene rings is 1. The van der Waals surface area contributed by atoms with Gasteiger partial charge in [-0.1, -0.05) is 29.8 Å². The van der Waals surface area contributed by atoms with Gasteiger partial charge in [-0.3, -0.25) is 9.36 Å². The van der Waals surface area contributed by atoms with Gasteiger partial charge in [-0.25, -0.2) is 0 Å². The number of aromatic nitrogens is 1. The zero-order valence-corrected chi connectivity index (χ0v) is 14.6. The molecular weight excluding hydrogens is 330 g/mol. The van der Waals surface area contributed by atoms with E-state index in [0.29, 0.717) is 17.2 Å². The lowest BCUT2D eigenvalue weighted by molar-refractivity contribution is 0.0914. The second kappa shape index (κ2) is 7.30. The number of aliphatic hydroxyl groups excluding tert-OH is 1. The quantitative estimate of drug-likeness (QED) is 0.741. The van der Waals surface area contributed by atoms with Gasteiger partial charge in [0.25, 0.3) is 5.91 Å². The molecule has 1 aromatic carbocycles. The Hall–Kier alpha value is -3.30. The third-order valence-corrected chi connectivity index (χ3v) is 4.16. The number of furan rings is 1. The van der Waals surface area contributed by atoms with E-state index in [1.54, 1.807) is 36.0 Å². The average Bonchev–Trinajstić information content (AvgIpc) is 3.27. The number of nitrogens with one attached hydrogen (secondary N) is 1. The van der Waals surface area contributed by atoms with E-state index in [2.05, 4.69) is 5.32 Å². The lowest BCUT2D eigenvalue weighted by atomic mass is 10.1. The molecule has 2 N–H and O–H groups in total. The standard InChI is InChI=1S/C20H19N3O3/c1-13-5-7-15(8-6-13)17(24)12-22-19(25)18-14(2)26-20(16(18)11-21)23-9-3-4-10-23/h3-10,17,24H,12H2,1-2H3,(H,22,25)/t17-/m1/s1. The van der Waals surface area contributed by atoms with E-state index in [1.165, 1.54) is 0 Å². The smallest absolute Gasteiger partial charge is 0.256 e. The highest BCUT2D eigenvalue weighted by molar-refractivity contribution is 5.98. The minimum atomic E-state index is -0.832. The molecule has 0 unspecified atom stereocenters. The fraction of sp³-hybridized carbons (Fsp3) is 0.200. The van der Waals surface area contributed by atoms with Gasteiger partial charge in [0.15, 0.2) is 0 Å². The predicted molar refractivity (Wildman–Crippen MR) is 96.0 cm³/mol. The fourth-order valence-electron chi connectivity index (χ4n) is 2.74. The van der Waals surface area contributed by atoms with Crippen LogP contribution in [0.25, 0.3) is 5.88 Å². The third-order valence-electron chi connectivity index (χ3n) is 4.16. The molecular formula is C20H19N3O3. The molecule has 0 aliphatic rings. The number of aliphatic hydroxyl groups is 1. The topological polar surface area (TPSA) is 91.2 Å². The molecule has 6 nitrogen and oxygen atoms in total. The van der Waals surface area contributed by atoms with Crippen molar-refractivity contribution in [2.24, 2.45) is 0 Å². The molecule has 0 fully saturated rings. The van der Waals surface area contributed by atoms with Gasteiger partial charge in [-0.15, -0.1) is 0 Å². The van der Waals surface area contributed by atoms with Crippen LogP contribution in [0.2, 0.25) is 0 Å². The van der Waals surface area contributed by atoms with Crippen molar-refractivity contribution in [3.63, 3.8) is 0 Å². The second-order valence-corrected chi connectivity index (χ2v) is 6.05. The van der Waals surface area contributed by atoms with Crippen LogP contribution in [-0.2, 0) is 0 Å². The van der Waals surface area contributed by atoms with E-state index in [0.717, 1.165) is 5.56 Å². The summed E-state index contributed by atoms with van der Waals surface area (Å²) < 4.78 is 7.27. The first-order valence-electron chi connectivity index (χ1n) is 8.21. The Morgan fingerprint density at radius 2 is 1.92 bits per heavy atom. The number of amides is 1. The molecule has 2 heterocycles. The number of hydrogen-bond acceptors (Lipinski definition) is 4. The SMILES string of the molecule is Cc1ccc([C@H](O)CNC(=O)c2c(C)oc(-n3cccc3)c2C#N)cc1. The van der Waals surface area contributed by atoms with E-state index in [-0.39, 0.29) is 17.7 Å². The van der Waals surface area contributed by atoms with Crippen molar-refractivity contribution < 1.29 is 14.3 Å². The number of aryl methyl sites for hydroxylation is 2. The summed E-state index contributed by atoms with van der Waals surface area (Å²) in [7, 11) is 0. The summed E-state index contributed by atoms with van der Waals surface area (Å²) in [6.07, 6.45) is 2.64. The van der Waals surface area contributed by atoms with Gasteiger partial charge in [-0.2, -0.15) is 5.26 Å². The molecule has 0 aliphatic carbocycles. The summed E-state index contributed by atoms with van der Waals surface area (Å²) in [4.78, 5) is 12.6. The van der Waals surface area contributed by atoms with E-state index < -0.39 is 12.0 Å². The van der Waals surface area contributed by atoms with Crippen LogP contribution in [0.4, 0.5) is 0 Å². The van der Waals surface area contributed by atoms with Crippen molar-refractivity contribution in [1.82, 2.24) is 9.88 Å². The highest BCUT2D eigenvalue weighted by atomic mass is 16.4. The number of hydrogen-bond donors (Lipinski definition) is 2. The molecule has 26 heavy (non-hydrogen) atoms. The van der Waals surface area contributed by atoms with E-state index in [4.69, 9.17) is 4.42 Å². The second-order valence-electron chi connectivity index (χ2n) is 6.05. The maximum Gasteiger partial charge on any atom is 0.256 e. The Bertz CT molecular complexity index is 948. The molecule has 1 atom stereocenters. The first-order valence-corrected chi connectivity index (χ1v) is 8.21. The summed E-state index contributed by atoms with van der Waals surface area (Å²) in [5, 5.41) is 22.4. The van der Waals surface area contributed by atoms with Crippen LogP contribution in [0.1, 0.15) is 38.9 Å². The summed E-state index contributed by atoms with van der Waals surface area (Å²) in [5.41, 5.74) is 2.16. The number of rotatable bonds is 5. The van der Waals surface area contributed by atoms with Crippen LogP contribution in [0.15, 0.2) is 53.2 Å². The number of carbonyl (C=O) groups is 1. The maximum absolute atomic E-state index is 12.6. The van der Waals surface area contributed by atoms with Gasteiger partial charge in [-0.05, 0) is 31.5 Å². The molecule has 0 radical (unpaired) electrons. The van der Waals surface area contributed by atoms with Crippen LogP contribution in [0.5, 0.6) is 0 Å². The van der Waals surface area contributed by atoms with Crippen LogP contribution in [0, 0.1) is 25.2 Å². The van der Waals surface area contributed by atoms with Gasteiger partial charge in [0.05, 0.1) is 6.10 Å². The van der Waals surface area contributed by atoms with Gasteiger partial charge in [0, 0.05) is 18.9 Å². The van der Waals surface area contributed by atoms with Gasteiger partial charge in [0.1, 0.15) is 23.0 Å². The summed E-state index contributed by atoms with van der Waals surface area (Å²) in [5.74, 6) is 0.208. The largest absolute Gasteiger partial charge is 0.443 e. The minimum absolute atomic E-state index is 0.0379. The molecule has 2 aromatic heterocycles. The van der Waals surface area contributed by atoms with Crippen molar-refractivity contribution >= 4 is 5.91 Å². The zero-order valence-electron chi connectivity index (χ0n) is 14.6. The maximum atomic E-state index is 12.6. The van der Waals surface area contributed by atoms with Crippen LogP contribution < -0.4 is 5.32 Å². The van der Waals surface area contributed by atoms with E-state index >= 15 is 0 Å². The number of nitrogens with zero attached hydrogens (tertiary/aromatic N) is 2. The Morgan fingerprint density at radius 3 is 2.54 bits per heavy atom.